The van der Waals surface area contributed by atoms with E-state index in [1.165, 1.54) is 27.1 Å². The smallest absolute Gasteiger partial charge is 0.0871 e. The number of benzene rings is 3. The monoisotopic (exact) mass is 262 g/mol. The minimum Gasteiger partial charge on any atom is -0.385 e. The molecule has 0 amide bonds. The molecule has 0 radical (unpaired) electrons. The summed E-state index contributed by atoms with van der Waals surface area (Å²) in [5.74, 6) is 0. The molecule has 1 nitrogen and oxygen atoms in total. The number of rotatable bonds is 0. The highest BCUT2D eigenvalue weighted by molar-refractivity contribution is 6.07. The molecule has 3 aromatic rings. The van der Waals surface area contributed by atoms with Crippen LogP contribution in [-0.4, -0.2) is 5.11 Å². The molecule has 1 aliphatic rings. The van der Waals surface area contributed by atoms with Crippen LogP contribution in [0.25, 0.3) is 21.5 Å². The third kappa shape index (κ3) is 1.66. The van der Waals surface area contributed by atoms with Crippen molar-refractivity contribution in [3.63, 3.8) is 0 Å². The van der Waals surface area contributed by atoms with Crippen molar-refractivity contribution in [2.75, 3.05) is 0 Å². The molecule has 0 heterocycles. The van der Waals surface area contributed by atoms with Gasteiger partial charge in [0.25, 0.3) is 0 Å². The first-order valence-corrected chi connectivity index (χ1v) is 7.32. The van der Waals surface area contributed by atoms with Crippen LogP contribution in [0.15, 0.2) is 48.5 Å². The maximum absolute atomic E-state index is 10.7. The number of hydrogen-bond donors (Lipinski definition) is 1. The zero-order valence-corrected chi connectivity index (χ0v) is 11.7. The molecule has 0 saturated carbocycles. The zero-order chi connectivity index (χ0) is 13.7. The molecule has 0 aromatic heterocycles. The van der Waals surface area contributed by atoms with E-state index in [9.17, 15) is 5.11 Å². The van der Waals surface area contributed by atoms with Crippen LogP contribution in [-0.2, 0) is 12.0 Å². The van der Waals surface area contributed by atoms with Gasteiger partial charge in [0, 0.05) is 0 Å². The molecule has 1 aliphatic carbocycles. The molecule has 1 N–H and O–H groups in total. The molecule has 100 valence electrons. The first-order chi connectivity index (χ1) is 9.65. The Morgan fingerprint density at radius 2 is 1.75 bits per heavy atom. The maximum atomic E-state index is 10.7. The minimum absolute atomic E-state index is 0.682. The van der Waals surface area contributed by atoms with Crippen LogP contribution in [0.4, 0.5) is 0 Å². The molecule has 1 atom stereocenters. The molecule has 0 fully saturated rings. The van der Waals surface area contributed by atoms with Gasteiger partial charge in [0.15, 0.2) is 0 Å². The molecule has 1 heteroatoms. The first-order valence-electron chi connectivity index (χ1n) is 7.32. The molecular formula is C19H18O. The summed E-state index contributed by atoms with van der Waals surface area (Å²) in [6.45, 7) is 1.95. The van der Waals surface area contributed by atoms with E-state index in [-0.39, 0.29) is 0 Å². The van der Waals surface area contributed by atoms with Crippen molar-refractivity contribution in [3.05, 3.63) is 59.7 Å². The Bertz CT molecular complexity index is 814. The lowest BCUT2D eigenvalue weighted by Gasteiger charge is -2.31. The molecule has 0 aliphatic heterocycles. The average molecular weight is 262 g/mol. The van der Waals surface area contributed by atoms with Crippen molar-refractivity contribution in [2.24, 2.45) is 0 Å². The highest BCUT2D eigenvalue weighted by Gasteiger charge is 2.29. The maximum Gasteiger partial charge on any atom is 0.0871 e. The van der Waals surface area contributed by atoms with E-state index < -0.39 is 5.60 Å². The number of aliphatic hydroxyl groups is 1. The van der Waals surface area contributed by atoms with Crippen molar-refractivity contribution in [1.82, 2.24) is 0 Å². The van der Waals surface area contributed by atoms with E-state index in [4.69, 9.17) is 0 Å². The Morgan fingerprint density at radius 3 is 2.65 bits per heavy atom. The highest BCUT2D eigenvalue weighted by atomic mass is 16.3. The molecule has 0 saturated heterocycles. The SMILES string of the molecule is CC1(O)CCCc2cc3ccc4ccccc4c3cc21. The highest BCUT2D eigenvalue weighted by Crippen LogP contribution is 2.38. The van der Waals surface area contributed by atoms with Crippen molar-refractivity contribution in [1.29, 1.82) is 0 Å². The number of fused-ring (bicyclic) bond motifs is 4. The molecule has 3 aromatic carbocycles. The lowest BCUT2D eigenvalue weighted by molar-refractivity contribution is 0.0389. The Kier molecular flexibility index (Phi) is 2.42. The van der Waals surface area contributed by atoms with E-state index in [0.29, 0.717) is 0 Å². The lowest BCUT2D eigenvalue weighted by atomic mass is 9.79. The Hall–Kier alpha value is -1.86. The fraction of sp³-hybridized carbons (Fsp3) is 0.263. The van der Waals surface area contributed by atoms with Gasteiger partial charge in [0.05, 0.1) is 5.60 Å². The second-order valence-electron chi connectivity index (χ2n) is 6.14. The zero-order valence-electron chi connectivity index (χ0n) is 11.7. The molecule has 0 spiro atoms. The van der Waals surface area contributed by atoms with Gasteiger partial charge in [-0.05, 0) is 64.9 Å². The lowest BCUT2D eigenvalue weighted by Crippen LogP contribution is -2.26. The van der Waals surface area contributed by atoms with Crippen LogP contribution in [0.1, 0.15) is 30.9 Å². The van der Waals surface area contributed by atoms with E-state index >= 15 is 0 Å². The summed E-state index contributed by atoms with van der Waals surface area (Å²) in [4.78, 5) is 0. The van der Waals surface area contributed by atoms with E-state index in [1.807, 2.05) is 6.92 Å². The van der Waals surface area contributed by atoms with Crippen molar-refractivity contribution in [3.8, 4) is 0 Å². The molecule has 4 rings (SSSR count). The third-order valence-corrected chi connectivity index (χ3v) is 4.66. The number of hydrogen-bond acceptors (Lipinski definition) is 1. The van der Waals surface area contributed by atoms with Gasteiger partial charge >= 0.3 is 0 Å². The summed E-state index contributed by atoms with van der Waals surface area (Å²) in [5, 5.41) is 15.7. The normalized spacial score (nSPS) is 22.1. The minimum atomic E-state index is -0.682. The van der Waals surface area contributed by atoms with E-state index in [0.717, 1.165) is 24.8 Å². The Balaban J connectivity index is 2.12. The predicted molar refractivity (Wildman–Crippen MR) is 84.0 cm³/mol. The van der Waals surface area contributed by atoms with Gasteiger partial charge in [-0.3, -0.25) is 0 Å². The van der Waals surface area contributed by atoms with Crippen LogP contribution in [0, 0.1) is 0 Å². The van der Waals surface area contributed by atoms with Crippen molar-refractivity contribution in [2.45, 2.75) is 31.8 Å². The quantitative estimate of drug-likeness (QED) is 0.590. The predicted octanol–water partition coefficient (Wildman–Crippen LogP) is 4.54. The van der Waals surface area contributed by atoms with Gasteiger partial charge in [0.1, 0.15) is 0 Å². The largest absolute Gasteiger partial charge is 0.385 e. The van der Waals surface area contributed by atoms with E-state index in [2.05, 4.69) is 48.5 Å². The first kappa shape index (κ1) is 11.9. The fourth-order valence-electron chi connectivity index (χ4n) is 3.57. The second-order valence-corrected chi connectivity index (χ2v) is 6.14. The van der Waals surface area contributed by atoms with Gasteiger partial charge in [0.2, 0.25) is 0 Å². The molecule has 1 unspecified atom stereocenters. The second kappa shape index (κ2) is 4.07. The van der Waals surface area contributed by atoms with Crippen molar-refractivity contribution >= 4 is 21.5 Å². The van der Waals surface area contributed by atoms with E-state index in [1.54, 1.807) is 0 Å². The van der Waals surface area contributed by atoms with Crippen molar-refractivity contribution < 1.29 is 5.11 Å². The summed E-state index contributed by atoms with van der Waals surface area (Å²) in [6.07, 6.45) is 3.00. The summed E-state index contributed by atoms with van der Waals surface area (Å²) in [6, 6.07) is 17.3. The third-order valence-electron chi connectivity index (χ3n) is 4.66. The fourth-order valence-corrected chi connectivity index (χ4v) is 3.57. The topological polar surface area (TPSA) is 20.2 Å². The average Bonchev–Trinajstić information content (AvgIpc) is 2.45. The Morgan fingerprint density at radius 1 is 0.950 bits per heavy atom. The number of aryl methyl sites for hydroxylation is 1. The van der Waals surface area contributed by atoms with Crippen LogP contribution >= 0.6 is 0 Å². The van der Waals surface area contributed by atoms with Crippen LogP contribution in [0.5, 0.6) is 0 Å². The molecule has 0 bridgehead atoms. The van der Waals surface area contributed by atoms with Crippen LogP contribution in [0.3, 0.4) is 0 Å². The Labute approximate surface area is 118 Å². The summed E-state index contributed by atoms with van der Waals surface area (Å²) < 4.78 is 0. The van der Waals surface area contributed by atoms with Crippen LogP contribution in [0.2, 0.25) is 0 Å². The standard InChI is InChI=1S/C19H18O/c1-19(20)10-4-6-15-11-14-9-8-13-5-2-3-7-16(13)17(14)12-18(15)19/h2-3,5,7-9,11-12,20H,4,6,10H2,1H3. The molecular weight excluding hydrogens is 244 g/mol. The summed E-state index contributed by atoms with van der Waals surface area (Å²) in [5.41, 5.74) is 1.75. The summed E-state index contributed by atoms with van der Waals surface area (Å²) >= 11 is 0. The van der Waals surface area contributed by atoms with Gasteiger partial charge < -0.3 is 5.11 Å². The van der Waals surface area contributed by atoms with Gasteiger partial charge in [-0.2, -0.15) is 0 Å². The van der Waals surface area contributed by atoms with Gasteiger partial charge in [-0.15, -0.1) is 0 Å². The molecule has 20 heavy (non-hydrogen) atoms. The van der Waals surface area contributed by atoms with Crippen LogP contribution < -0.4 is 0 Å². The van der Waals surface area contributed by atoms with Gasteiger partial charge in [-0.1, -0.05) is 42.5 Å². The summed E-state index contributed by atoms with van der Waals surface area (Å²) in [7, 11) is 0. The van der Waals surface area contributed by atoms with Gasteiger partial charge in [-0.25, -0.2) is 0 Å².